The zero-order valence-electron chi connectivity index (χ0n) is 8.10. The lowest BCUT2D eigenvalue weighted by molar-refractivity contribution is 0.0691. The summed E-state index contributed by atoms with van der Waals surface area (Å²) in [6, 6.07) is 0. The molecule has 0 aliphatic rings. The number of nitrogens with one attached hydrogen (secondary N) is 1. The number of hydrogen-bond acceptors (Lipinski definition) is 4. The summed E-state index contributed by atoms with van der Waals surface area (Å²) in [4.78, 5) is 22.1. The van der Waals surface area contributed by atoms with Crippen molar-refractivity contribution in [3.63, 3.8) is 0 Å². The molecule has 0 radical (unpaired) electrons. The van der Waals surface area contributed by atoms with E-state index in [2.05, 4.69) is 10.4 Å². The minimum absolute atomic E-state index is 0.0640. The maximum atomic E-state index is 11.4. The van der Waals surface area contributed by atoms with Gasteiger partial charge in [-0.15, -0.1) is 0 Å². The van der Waals surface area contributed by atoms with E-state index >= 15 is 0 Å². The molecule has 0 aromatic carbocycles. The average Bonchev–Trinajstić information content (AvgIpc) is 2.57. The van der Waals surface area contributed by atoms with Gasteiger partial charge in [-0.25, -0.2) is 4.79 Å². The number of hydrogen-bond donors (Lipinski definition) is 3. The van der Waals surface area contributed by atoms with E-state index in [1.165, 1.54) is 17.9 Å². The van der Waals surface area contributed by atoms with Crippen molar-refractivity contribution < 1.29 is 19.8 Å². The van der Waals surface area contributed by atoms with Gasteiger partial charge in [0.05, 0.1) is 6.61 Å². The van der Waals surface area contributed by atoms with Gasteiger partial charge in [-0.2, -0.15) is 5.10 Å². The zero-order valence-corrected chi connectivity index (χ0v) is 8.10. The predicted molar refractivity (Wildman–Crippen MR) is 49.6 cm³/mol. The largest absolute Gasteiger partial charge is 0.478 e. The monoisotopic (exact) mass is 213 g/mol. The molecular formula is C8H11N3O4. The Kier molecular flexibility index (Phi) is 3.40. The van der Waals surface area contributed by atoms with Crippen LogP contribution >= 0.6 is 0 Å². The molecule has 1 aromatic rings. The fourth-order valence-electron chi connectivity index (χ4n) is 1.07. The summed E-state index contributed by atoms with van der Waals surface area (Å²) < 4.78 is 1.25. The van der Waals surface area contributed by atoms with Crippen molar-refractivity contribution in [2.75, 3.05) is 13.2 Å². The van der Waals surface area contributed by atoms with Crippen LogP contribution in [0.15, 0.2) is 6.20 Å². The van der Waals surface area contributed by atoms with Crippen molar-refractivity contribution in [1.29, 1.82) is 0 Å². The summed E-state index contributed by atoms with van der Waals surface area (Å²) >= 11 is 0. The van der Waals surface area contributed by atoms with E-state index in [9.17, 15) is 9.59 Å². The summed E-state index contributed by atoms with van der Waals surface area (Å²) in [7, 11) is 1.52. The molecule has 0 atom stereocenters. The molecule has 7 heteroatoms. The fraction of sp³-hybridized carbons (Fsp3) is 0.375. The third-order valence-electron chi connectivity index (χ3n) is 1.67. The second-order valence-corrected chi connectivity index (χ2v) is 2.85. The number of carbonyl (C=O) groups excluding carboxylic acids is 1. The van der Waals surface area contributed by atoms with Gasteiger partial charge in [0.25, 0.3) is 5.91 Å². The molecule has 82 valence electrons. The number of aryl methyl sites for hydroxylation is 1. The SMILES string of the molecule is Cn1cc(C(=O)O)c(C(=O)NCCO)n1. The first-order valence-corrected chi connectivity index (χ1v) is 4.22. The lowest BCUT2D eigenvalue weighted by atomic mass is 10.2. The van der Waals surface area contributed by atoms with Crippen LogP contribution in [0.1, 0.15) is 20.8 Å². The van der Waals surface area contributed by atoms with Crippen molar-refractivity contribution in [2.45, 2.75) is 0 Å². The molecular weight excluding hydrogens is 202 g/mol. The highest BCUT2D eigenvalue weighted by Crippen LogP contribution is 2.05. The maximum Gasteiger partial charge on any atom is 0.339 e. The third kappa shape index (κ3) is 2.53. The quantitative estimate of drug-likeness (QED) is 0.585. The maximum absolute atomic E-state index is 11.4. The van der Waals surface area contributed by atoms with Crippen molar-refractivity contribution in [1.82, 2.24) is 15.1 Å². The molecule has 0 bridgehead atoms. The number of rotatable bonds is 4. The van der Waals surface area contributed by atoms with E-state index in [4.69, 9.17) is 10.2 Å². The normalized spacial score (nSPS) is 10.0. The first kappa shape index (κ1) is 11.2. The molecule has 0 spiro atoms. The van der Waals surface area contributed by atoms with Crippen LogP contribution in [0.4, 0.5) is 0 Å². The number of nitrogens with zero attached hydrogens (tertiary/aromatic N) is 2. The van der Waals surface area contributed by atoms with E-state index < -0.39 is 11.9 Å². The lowest BCUT2D eigenvalue weighted by Crippen LogP contribution is -2.28. The van der Waals surface area contributed by atoms with Crippen LogP contribution in [-0.4, -0.2) is 45.0 Å². The average molecular weight is 213 g/mol. The van der Waals surface area contributed by atoms with Gasteiger partial charge in [-0.1, -0.05) is 0 Å². The Balaban J connectivity index is 2.92. The van der Waals surface area contributed by atoms with E-state index in [0.29, 0.717) is 0 Å². The second kappa shape index (κ2) is 4.56. The van der Waals surface area contributed by atoms with Gasteiger partial charge in [-0.05, 0) is 0 Å². The summed E-state index contributed by atoms with van der Waals surface area (Å²) in [5.74, 6) is -1.82. The molecule has 0 saturated carbocycles. The highest BCUT2D eigenvalue weighted by molar-refractivity contribution is 6.03. The minimum atomic E-state index is -1.21. The van der Waals surface area contributed by atoms with Crippen molar-refractivity contribution in [3.8, 4) is 0 Å². The molecule has 0 saturated heterocycles. The Bertz CT molecular complexity index is 385. The van der Waals surface area contributed by atoms with Gasteiger partial charge >= 0.3 is 5.97 Å². The Morgan fingerprint density at radius 1 is 1.60 bits per heavy atom. The minimum Gasteiger partial charge on any atom is -0.478 e. The van der Waals surface area contributed by atoms with Gasteiger partial charge in [-0.3, -0.25) is 9.48 Å². The zero-order chi connectivity index (χ0) is 11.4. The van der Waals surface area contributed by atoms with Crippen molar-refractivity contribution in [2.24, 2.45) is 7.05 Å². The number of carbonyl (C=O) groups is 2. The van der Waals surface area contributed by atoms with E-state index in [-0.39, 0.29) is 24.4 Å². The highest BCUT2D eigenvalue weighted by atomic mass is 16.4. The Morgan fingerprint density at radius 3 is 2.80 bits per heavy atom. The molecule has 1 amide bonds. The smallest absolute Gasteiger partial charge is 0.339 e. The molecule has 0 aliphatic carbocycles. The van der Waals surface area contributed by atoms with Crippen LogP contribution < -0.4 is 5.32 Å². The molecule has 1 heterocycles. The topological polar surface area (TPSA) is 104 Å². The molecule has 7 nitrogen and oxygen atoms in total. The van der Waals surface area contributed by atoms with E-state index in [1.54, 1.807) is 0 Å². The number of carboxylic acids is 1. The number of aliphatic hydroxyl groups is 1. The van der Waals surface area contributed by atoms with Crippen LogP contribution in [0.25, 0.3) is 0 Å². The first-order chi connectivity index (χ1) is 7.06. The standard InChI is InChI=1S/C8H11N3O4/c1-11-4-5(8(14)15)6(10-11)7(13)9-2-3-12/h4,12H,2-3H2,1H3,(H,9,13)(H,14,15). The van der Waals surface area contributed by atoms with Gasteiger partial charge in [0, 0.05) is 19.8 Å². The molecule has 3 N–H and O–H groups in total. The van der Waals surface area contributed by atoms with Crippen molar-refractivity contribution in [3.05, 3.63) is 17.5 Å². The Labute approximate surface area is 85.3 Å². The fourth-order valence-corrected chi connectivity index (χ4v) is 1.07. The predicted octanol–water partition coefficient (Wildman–Crippen LogP) is -1.16. The van der Waals surface area contributed by atoms with Crippen LogP contribution in [0, 0.1) is 0 Å². The summed E-state index contributed by atoms with van der Waals surface area (Å²) in [6.07, 6.45) is 1.25. The number of aromatic nitrogens is 2. The lowest BCUT2D eigenvalue weighted by Gasteiger charge is -2.00. The number of aromatic carboxylic acids is 1. The number of amides is 1. The molecule has 1 rings (SSSR count). The Morgan fingerprint density at radius 2 is 2.27 bits per heavy atom. The van der Waals surface area contributed by atoms with E-state index in [0.717, 1.165) is 0 Å². The van der Waals surface area contributed by atoms with Crippen LogP contribution in [0.2, 0.25) is 0 Å². The Hall–Kier alpha value is -1.89. The summed E-state index contributed by atoms with van der Waals surface area (Å²) in [5.41, 5.74) is -0.314. The molecule has 0 fully saturated rings. The van der Waals surface area contributed by atoms with Gasteiger partial charge < -0.3 is 15.5 Å². The third-order valence-corrected chi connectivity index (χ3v) is 1.67. The number of aliphatic hydroxyl groups excluding tert-OH is 1. The molecule has 0 unspecified atom stereocenters. The summed E-state index contributed by atoms with van der Waals surface area (Å²) in [5, 5.41) is 23.3. The second-order valence-electron chi connectivity index (χ2n) is 2.85. The molecule has 0 aliphatic heterocycles. The molecule has 1 aromatic heterocycles. The van der Waals surface area contributed by atoms with Crippen molar-refractivity contribution >= 4 is 11.9 Å². The van der Waals surface area contributed by atoms with Gasteiger partial charge in [0.15, 0.2) is 5.69 Å². The van der Waals surface area contributed by atoms with Gasteiger partial charge in [0.2, 0.25) is 0 Å². The summed E-state index contributed by atoms with van der Waals surface area (Å²) in [6.45, 7) is -0.143. The van der Waals surface area contributed by atoms with Gasteiger partial charge in [0.1, 0.15) is 5.56 Å². The van der Waals surface area contributed by atoms with Crippen LogP contribution in [0.3, 0.4) is 0 Å². The van der Waals surface area contributed by atoms with Crippen LogP contribution in [0.5, 0.6) is 0 Å². The van der Waals surface area contributed by atoms with Crippen LogP contribution in [-0.2, 0) is 7.05 Å². The first-order valence-electron chi connectivity index (χ1n) is 4.22. The molecule has 15 heavy (non-hydrogen) atoms. The van der Waals surface area contributed by atoms with E-state index in [1.807, 2.05) is 0 Å². The number of carboxylic acid groups (broad SMARTS) is 1. The highest BCUT2D eigenvalue weighted by Gasteiger charge is 2.20.